The lowest BCUT2D eigenvalue weighted by molar-refractivity contribution is 0.135. The van der Waals surface area contributed by atoms with E-state index in [0.29, 0.717) is 0 Å². The molecule has 0 bridgehead atoms. The quantitative estimate of drug-likeness (QED) is 0.719. The maximum atomic E-state index is 5.73. The van der Waals surface area contributed by atoms with Crippen LogP contribution in [-0.4, -0.2) is 43.7 Å². The molecule has 3 rings (SSSR count). The summed E-state index contributed by atoms with van der Waals surface area (Å²) in [6.45, 7) is 5.69. The number of hydrogen-bond acceptors (Lipinski definition) is 3. The number of nitrogens with two attached hydrogens (primary N) is 1. The third-order valence-electron chi connectivity index (χ3n) is 4.81. The number of nitrogens with one attached hydrogen (secondary N) is 1. The molecule has 2 unspecified atom stereocenters. The van der Waals surface area contributed by atoms with Crippen LogP contribution < -0.4 is 11.1 Å². The van der Waals surface area contributed by atoms with E-state index in [4.69, 9.17) is 5.73 Å². The monoisotopic (exact) mass is 251 g/mol. The first-order valence-corrected chi connectivity index (χ1v) is 7.99. The summed E-state index contributed by atoms with van der Waals surface area (Å²) >= 11 is 0. The summed E-state index contributed by atoms with van der Waals surface area (Å²) < 4.78 is 0. The SMILES string of the molecule is NCCN1CC(CC2CC2)CC(NCC2CC2)C1. The van der Waals surface area contributed by atoms with Gasteiger partial charge in [-0.1, -0.05) is 12.8 Å². The van der Waals surface area contributed by atoms with Crippen LogP contribution in [0.25, 0.3) is 0 Å². The van der Waals surface area contributed by atoms with Crippen LogP contribution in [-0.2, 0) is 0 Å². The maximum absolute atomic E-state index is 5.73. The van der Waals surface area contributed by atoms with E-state index in [9.17, 15) is 0 Å². The highest BCUT2D eigenvalue weighted by atomic mass is 15.2. The van der Waals surface area contributed by atoms with Crippen molar-refractivity contribution in [2.75, 3.05) is 32.7 Å². The topological polar surface area (TPSA) is 41.3 Å². The van der Waals surface area contributed by atoms with E-state index >= 15 is 0 Å². The standard InChI is InChI=1S/C15H29N3/c16-5-6-18-10-14(7-12-1-2-12)8-15(11-18)17-9-13-3-4-13/h12-15,17H,1-11,16H2. The molecule has 0 aromatic heterocycles. The van der Waals surface area contributed by atoms with Crippen molar-refractivity contribution in [1.82, 2.24) is 10.2 Å². The molecule has 1 aliphatic heterocycles. The Morgan fingerprint density at radius 2 is 1.78 bits per heavy atom. The molecule has 3 nitrogen and oxygen atoms in total. The molecule has 2 saturated carbocycles. The van der Waals surface area contributed by atoms with Crippen LogP contribution in [0, 0.1) is 17.8 Å². The van der Waals surface area contributed by atoms with Gasteiger partial charge in [-0.05, 0) is 50.0 Å². The zero-order valence-corrected chi connectivity index (χ0v) is 11.6. The van der Waals surface area contributed by atoms with Crippen LogP contribution in [0.3, 0.4) is 0 Å². The Morgan fingerprint density at radius 3 is 2.44 bits per heavy atom. The minimum absolute atomic E-state index is 0.731. The number of nitrogens with zero attached hydrogens (tertiary/aromatic N) is 1. The summed E-state index contributed by atoms with van der Waals surface area (Å²) in [6, 6.07) is 0.731. The van der Waals surface area contributed by atoms with E-state index in [-0.39, 0.29) is 0 Å². The molecule has 3 heteroatoms. The van der Waals surface area contributed by atoms with Crippen LogP contribution in [0.4, 0.5) is 0 Å². The van der Waals surface area contributed by atoms with E-state index in [1.54, 1.807) is 0 Å². The Labute approximate surface area is 111 Å². The highest BCUT2D eigenvalue weighted by molar-refractivity contribution is 4.88. The van der Waals surface area contributed by atoms with Crippen molar-refractivity contribution < 1.29 is 0 Å². The Kier molecular flexibility index (Phi) is 4.22. The van der Waals surface area contributed by atoms with E-state index in [2.05, 4.69) is 10.2 Å². The number of likely N-dealkylation sites (tertiary alicyclic amines) is 1. The normalized spacial score (nSPS) is 33.8. The minimum Gasteiger partial charge on any atom is -0.329 e. The van der Waals surface area contributed by atoms with Gasteiger partial charge in [-0.3, -0.25) is 0 Å². The van der Waals surface area contributed by atoms with E-state index in [0.717, 1.165) is 36.9 Å². The van der Waals surface area contributed by atoms with Crippen molar-refractivity contribution in [3.63, 3.8) is 0 Å². The van der Waals surface area contributed by atoms with Crippen LogP contribution in [0.15, 0.2) is 0 Å². The molecule has 3 fully saturated rings. The van der Waals surface area contributed by atoms with Gasteiger partial charge >= 0.3 is 0 Å². The fraction of sp³-hybridized carbons (Fsp3) is 1.00. The smallest absolute Gasteiger partial charge is 0.0198 e. The molecule has 2 aliphatic carbocycles. The molecule has 0 aromatic carbocycles. The van der Waals surface area contributed by atoms with E-state index < -0.39 is 0 Å². The second kappa shape index (κ2) is 5.89. The average Bonchev–Trinajstić information content (AvgIpc) is 3.22. The lowest BCUT2D eigenvalue weighted by Crippen LogP contribution is -2.50. The van der Waals surface area contributed by atoms with Crippen molar-refractivity contribution in [3.8, 4) is 0 Å². The van der Waals surface area contributed by atoms with Crippen molar-refractivity contribution in [2.45, 2.75) is 44.6 Å². The Morgan fingerprint density at radius 1 is 1.00 bits per heavy atom. The summed E-state index contributed by atoms with van der Waals surface area (Å²) in [5, 5.41) is 3.81. The zero-order chi connectivity index (χ0) is 12.4. The third kappa shape index (κ3) is 3.94. The lowest BCUT2D eigenvalue weighted by atomic mass is 9.89. The van der Waals surface area contributed by atoms with Gasteiger partial charge in [-0.25, -0.2) is 0 Å². The van der Waals surface area contributed by atoms with E-state index in [1.165, 1.54) is 58.2 Å². The zero-order valence-electron chi connectivity index (χ0n) is 11.6. The van der Waals surface area contributed by atoms with Gasteiger partial charge in [0.1, 0.15) is 0 Å². The van der Waals surface area contributed by atoms with Crippen molar-refractivity contribution >= 4 is 0 Å². The predicted octanol–water partition coefficient (Wildman–Crippen LogP) is 1.44. The highest BCUT2D eigenvalue weighted by Crippen LogP contribution is 2.38. The van der Waals surface area contributed by atoms with Crippen LogP contribution in [0.5, 0.6) is 0 Å². The average molecular weight is 251 g/mol. The molecule has 18 heavy (non-hydrogen) atoms. The molecule has 0 amide bonds. The van der Waals surface area contributed by atoms with Gasteiger partial charge in [0, 0.05) is 32.2 Å². The van der Waals surface area contributed by atoms with Gasteiger partial charge < -0.3 is 16.0 Å². The first kappa shape index (κ1) is 12.9. The molecule has 1 saturated heterocycles. The first-order chi connectivity index (χ1) is 8.83. The summed E-state index contributed by atoms with van der Waals surface area (Å²) in [6.07, 6.45) is 8.78. The number of piperidine rings is 1. The van der Waals surface area contributed by atoms with Gasteiger partial charge in [0.15, 0.2) is 0 Å². The number of rotatable bonds is 7. The lowest BCUT2D eigenvalue weighted by Gasteiger charge is -2.38. The summed E-state index contributed by atoms with van der Waals surface area (Å²) in [4.78, 5) is 2.60. The van der Waals surface area contributed by atoms with E-state index in [1.807, 2.05) is 0 Å². The fourth-order valence-corrected chi connectivity index (χ4v) is 3.47. The maximum Gasteiger partial charge on any atom is 0.0198 e. The summed E-state index contributed by atoms with van der Waals surface area (Å²) in [5.41, 5.74) is 5.73. The molecular weight excluding hydrogens is 222 g/mol. The van der Waals surface area contributed by atoms with Gasteiger partial charge in [0.2, 0.25) is 0 Å². The predicted molar refractivity (Wildman–Crippen MR) is 75.5 cm³/mol. The van der Waals surface area contributed by atoms with Crippen molar-refractivity contribution in [1.29, 1.82) is 0 Å². The number of hydrogen-bond donors (Lipinski definition) is 2. The molecule has 2 atom stereocenters. The minimum atomic E-state index is 0.731. The molecule has 1 heterocycles. The van der Waals surface area contributed by atoms with Crippen LogP contribution in [0.1, 0.15) is 38.5 Å². The van der Waals surface area contributed by atoms with Crippen LogP contribution in [0.2, 0.25) is 0 Å². The Bertz CT molecular complexity index is 260. The molecule has 3 N–H and O–H groups in total. The second-order valence-electron chi connectivity index (χ2n) is 6.88. The summed E-state index contributed by atoms with van der Waals surface area (Å²) in [7, 11) is 0. The molecule has 3 aliphatic rings. The first-order valence-electron chi connectivity index (χ1n) is 7.99. The largest absolute Gasteiger partial charge is 0.329 e. The Hall–Kier alpha value is -0.120. The van der Waals surface area contributed by atoms with Gasteiger partial charge in [0.25, 0.3) is 0 Å². The second-order valence-corrected chi connectivity index (χ2v) is 6.88. The van der Waals surface area contributed by atoms with Gasteiger partial charge in [0.05, 0.1) is 0 Å². The van der Waals surface area contributed by atoms with Crippen molar-refractivity contribution in [3.05, 3.63) is 0 Å². The Balaban J connectivity index is 1.47. The highest BCUT2D eigenvalue weighted by Gasteiger charge is 2.32. The molecule has 0 aromatic rings. The molecule has 104 valence electrons. The molecule has 0 spiro atoms. The van der Waals surface area contributed by atoms with Crippen LogP contribution >= 0.6 is 0 Å². The van der Waals surface area contributed by atoms with Gasteiger partial charge in [-0.2, -0.15) is 0 Å². The van der Waals surface area contributed by atoms with Crippen molar-refractivity contribution in [2.24, 2.45) is 23.5 Å². The molecule has 0 radical (unpaired) electrons. The van der Waals surface area contributed by atoms with Gasteiger partial charge in [-0.15, -0.1) is 0 Å². The third-order valence-corrected chi connectivity index (χ3v) is 4.81. The molecular formula is C15H29N3. The summed E-state index contributed by atoms with van der Waals surface area (Å²) in [5.74, 6) is 2.99. The fourth-order valence-electron chi connectivity index (χ4n) is 3.47.